The van der Waals surface area contributed by atoms with Crippen LogP contribution in [0.5, 0.6) is 0 Å². The highest BCUT2D eigenvalue weighted by atomic mass is 14.0. The van der Waals surface area contributed by atoms with Gasteiger partial charge in [-0.05, 0) is 136 Å². The lowest BCUT2D eigenvalue weighted by Gasteiger charge is -2.00. The number of unbranched alkanes of at least 4 members (excludes halogenated alkanes) is 28. The van der Waals surface area contributed by atoms with Crippen LogP contribution in [0, 0.1) is 40.0 Å². The summed E-state index contributed by atoms with van der Waals surface area (Å²) in [7, 11) is 0. The molecule has 0 fully saturated rings. The lowest BCUT2D eigenvalue weighted by atomic mass is 10.1. The molecule has 0 unspecified atom stereocenters. The van der Waals surface area contributed by atoms with E-state index >= 15 is 0 Å². The number of allylic oxidation sites excluding steroid dienone is 6. The predicted octanol–water partition coefficient (Wildman–Crippen LogP) is 34.9. The molecule has 0 saturated heterocycles. The van der Waals surface area contributed by atoms with Gasteiger partial charge < -0.3 is 0 Å². The van der Waals surface area contributed by atoms with E-state index in [1.807, 2.05) is 91.4 Å². The summed E-state index contributed by atoms with van der Waals surface area (Å²) < 4.78 is 0. The Morgan fingerprint density at radius 3 is 0.792 bits per heavy atom. The van der Waals surface area contributed by atoms with Crippen molar-refractivity contribution in [3.05, 3.63) is 341 Å². The Hall–Kier alpha value is -7.28. The maximum Gasteiger partial charge on any atom is 1.00 e. The second kappa shape index (κ2) is 95.7. The Morgan fingerprint density at radius 2 is 0.585 bits per heavy atom. The third-order valence-corrected chi connectivity index (χ3v) is 16.8. The lowest BCUT2D eigenvalue weighted by Crippen LogP contribution is -1.85. The molecular formula is C106H168+8. The molecule has 0 N–H and O–H groups in total. The van der Waals surface area contributed by atoms with Crippen molar-refractivity contribution in [3.8, 4) is 0 Å². The Kier molecular flexibility index (Phi) is 96.9. The highest BCUT2D eigenvalue weighted by molar-refractivity contribution is 5.36. The molecular weight excluding hydrogens is 1270 g/mol. The first-order chi connectivity index (χ1) is 51.2. The normalized spacial score (nSPS) is 9.89. The van der Waals surface area contributed by atoms with E-state index in [0.29, 0.717) is 0 Å². The monoisotopic (exact) mass is 1440 g/mol. The van der Waals surface area contributed by atoms with Crippen LogP contribution in [-0.2, 0) is 38.5 Å². The van der Waals surface area contributed by atoms with E-state index in [1.54, 1.807) is 0 Å². The number of benzene rings is 7. The van der Waals surface area contributed by atoms with Crippen molar-refractivity contribution in [2.24, 2.45) is 0 Å². The van der Waals surface area contributed by atoms with Crippen LogP contribution in [0.2, 0.25) is 0 Å². The van der Waals surface area contributed by atoms with Gasteiger partial charge in [-0.25, -0.2) is 0 Å². The van der Waals surface area contributed by atoms with Gasteiger partial charge in [0.15, 0.2) is 0 Å². The van der Waals surface area contributed by atoms with Crippen LogP contribution in [0.25, 0.3) is 0 Å². The third-order valence-electron chi connectivity index (χ3n) is 16.8. The van der Waals surface area contributed by atoms with Crippen molar-refractivity contribution in [3.63, 3.8) is 0 Å². The molecule has 0 amide bonds. The predicted molar refractivity (Wildman–Crippen MR) is 492 cm³/mol. The maximum absolute atomic E-state index is 3.76. The zero-order valence-corrected chi connectivity index (χ0v) is 70.2. The molecule has 0 bridgehead atoms. The summed E-state index contributed by atoms with van der Waals surface area (Å²) in [6.45, 7) is 33.2. The topological polar surface area (TPSA) is 0 Å². The zero-order chi connectivity index (χ0) is 76.4. The van der Waals surface area contributed by atoms with Gasteiger partial charge in [0.05, 0.1) is 70.8 Å². The van der Waals surface area contributed by atoms with Gasteiger partial charge in [0.1, 0.15) is 6.42 Å². The molecule has 0 atom stereocenters. The van der Waals surface area contributed by atoms with Gasteiger partial charge in [-0.2, -0.15) is 0 Å². The summed E-state index contributed by atoms with van der Waals surface area (Å²) >= 11 is 0. The van der Waals surface area contributed by atoms with E-state index in [0.717, 1.165) is 18.4 Å². The summed E-state index contributed by atoms with van der Waals surface area (Å²) in [5, 5.41) is 0. The summed E-state index contributed by atoms with van der Waals surface area (Å²) in [5.74, 6) is 0. The highest BCUT2D eigenvalue weighted by Gasteiger charge is 2.01. The fourth-order valence-electron chi connectivity index (χ4n) is 10.4. The Labute approximate surface area is 666 Å². The molecule has 0 nitrogen and oxygen atoms in total. The van der Waals surface area contributed by atoms with E-state index < -0.39 is 0 Å². The fourth-order valence-corrected chi connectivity index (χ4v) is 10.4. The van der Waals surface area contributed by atoms with Crippen LogP contribution in [0.3, 0.4) is 0 Å². The standard InChI is InChI=1S/3C13H20.2C13H19.C8H9.C7H7.C7H15.C6H6.C6H14.C5H10.CH4.CH3/c5*1-2-3-4-5-7-10-13-11-8-6-9-12-13;1-2-8-6-4-3-5-7-8;1-7-5-3-2-4-6-7;1-3-5-7-6-4-2;1-2-4-6-5-3-1;1-3-5-6-4-2;1-3-5-4-2;;/h3*6,8-9,11-12H,2-5,7,10H2,1H3;2*4,6,8-9,11-12H,2-3,5,7,10H2,1H3;3-7H,1-2H2;2-6H,1H2;3H,4-7H2,1-2H3;1-6H;3-6H2,1-2H3;3H,1,4-5H2,2H3;1H4;1H3/q;;;5*+1;;;;;+1/p+2. The molecule has 0 heteroatoms. The molecule has 7 aromatic carbocycles. The number of hydrogen-bond donors (Lipinski definition) is 0. The minimum absolute atomic E-state index is 0. The van der Waals surface area contributed by atoms with Crippen LogP contribution in [0.4, 0.5) is 0 Å². The molecule has 106 heavy (non-hydrogen) atoms. The van der Waals surface area contributed by atoms with Crippen LogP contribution in [-0.4, -0.2) is 0 Å². The molecule has 0 radical (unpaired) electrons. The van der Waals surface area contributed by atoms with Gasteiger partial charge in [0.2, 0.25) is 0 Å². The SMILES string of the molecule is C.C=C1C=CC=C[CH+]1.C=CCCC.CCCCCC.CCCCCCCc1ccccc1.CCCCCCCc1ccccc1.CCCCCCCc1ccccc1.CCC[CH+]CCCc1ccccc1.CCC[CH+]CCCc1ccccc1.C[CH+]CCCCC.[CH2+]Cc1ccccc1.[CH3+].[H+].[H+].c1ccccc1. The van der Waals surface area contributed by atoms with E-state index in [2.05, 4.69) is 272 Å². The van der Waals surface area contributed by atoms with Crippen molar-refractivity contribution in [2.45, 2.75) is 327 Å². The largest absolute Gasteiger partial charge is 1.00 e. The highest BCUT2D eigenvalue weighted by Crippen LogP contribution is 2.13. The zero-order valence-electron chi connectivity index (χ0n) is 72.2. The number of rotatable bonds is 40. The molecule has 0 aliphatic heterocycles. The Bertz CT molecular complexity index is 2360. The van der Waals surface area contributed by atoms with E-state index in [-0.39, 0.29) is 17.7 Å². The van der Waals surface area contributed by atoms with Crippen LogP contribution >= 0.6 is 0 Å². The fraction of sp³-hybridized carbons (Fsp3) is 0.472. The Morgan fingerprint density at radius 1 is 0.321 bits per heavy atom. The van der Waals surface area contributed by atoms with Crippen molar-refractivity contribution >= 4 is 0 Å². The third kappa shape index (κ3) is 87.4. The molecule has 0 spiro atoms. The quantitative estimate of drug-likeness (QED) is 0.0204. The van der Waals surface area contributed by atoms with Gasteiger partial charge >= 0.3 is 2.85 Å². The Balaban J connectivity index is -0.000000210. The summed E-state index contributed by atoms with van der Waals surface area (Å²) in [5.41, 5.74) is 9.76. The van der Waals surface area contributed by atoms with E-state index in [1.165, 1.54) is 271 Å². The van der Waals surface area contributed by atoms with E-state index in [4.69, 9.17) is 0 Å². The van der Waals surface area contributed by atoms with Gasteiger partial charge in [-0.15, -0.1) is 6.58 Å². The lowest BCUT2D eigenvalue weighted by molar-refractivity contribution is 0.632. The smallest absolute Gasteiger partial charge is 0.103 e. The summed E-state index contributed by atoms with van der Waals surface area (Å²) in [4.78, 5) is 0. The van der Waals surface area contributed by atoms with Gasteiger partial charge in [0, 0.05) is 38.2 Å². The van der Waals surface area contributed by atoms with Crippen molar-refractivity contribution in [2.75, 3.05) is 0 Å². The van der Waals surface area contributed by atoms with Gasteiger partial charge in [-0.3, -0.25) is 0 Å². The minimum Gasteiger partial charge on any atom is -0.103 e. The van der Waals surface area contributed by atoms with Crippen LogP contribution in [0.15, 0.2) is 268 Å². The molecule has 8 rings (SSSR count). The second-order valence-corrected chi connectivity index (χ2v) is 26.9. The van der Waals surface area contributed by atoms with Crippen molar-refractivity contribution in [1.29, 1.82) is 0 Å². The second-order valence-electron chi connectivity index (χ2n) is 26.9. The molecule has 584 valence electrons. The molecule has 0 heterocycles. The van der Waals surface area contributed by atoms with Gasteiger partial charge in [0.25, 0.3) is 0 Å². The molecule has 0 saturated carbocycles. The number of aryl methyl sites for hydroxylation is 5. The first-order valence-electron chi connectivity index (χ1n) is 42.1. The first-order valence-corrected chi connectivity index (χ1v) is 42.1. The van der Waals surface area contributed by atoms with Crippen molar-refractivity contribution < 1.29 is 2.85 Å². The van der Waals surface area contributed by atoms with Gasteiger partial charge in [-0.1, -0.05) is 410 Å². The van der Waals surface area contributed by atoms with Crippen LogP contribution < -0.4 is 0 Å². The minimum atomic E-state index is 0. The summed E-state index contributed by atoms with van der Waals surface area (Å²) in [6, 6.07) is 76.0. The summed E-state index contributed by atoms with van der Waals surface area (Å²) in [6.07, 6.45) is 70.2. The average molecular weight is 1440 g/mol. The molecule has 1 aliphatic carbocycles. The molecule has 1 aliphatic rings. The maximum atomic E-state index is 3.76. The van der Waals surface area contributed by atoms with Crippen molar-refractivity contribution in [1.82, 2.24) is 0 Å². The molecule has 0 aromatic heterocycles. The van der Waals surface area contributed by atoms with Crippen LogP contribution in [0.1, 0.15) is 325 Å². The molecule has 7 aromatic rings. The van der Waals surface area contributed by atoms with E-state index in [9.17, 15) is 0 Å². The number of hydrogen-bond acceptors (Lipinski definition) is 0. The first kappa shape index (κ1) is 107. The average Bonchev–Trinajstić information content (AvgIpc) is 1.12.